The van der Waals surface area contributed by atoms with Crippen molar-refractivity contribution in [2.45, 2.75) is 32.6 Å². The fourth-order valence-electron chi connectivity index (χ4n) is 2.28. The molecule has 1 heterocycles. The monoisotopic (exact) mass is 254 g/mol. The highest BCUT2D eigenvalue weighted by Gasteiger charge is 2.30. The minimum absolute atomic E-state index is 0.0677. The largest absolute Gasteiger partial charge is 0.450 e. The quantitative estimate of drug-likeness (QED) is 0.824. The van der Waals surface area contributed by atoms with Gasteiger partial charge in [-0.05, 0) is 38.5 Å². The van der Waals surface area contributed by atoms with Gasteiger partial charge in [0.15, 0.2) is 0 Å². The molecule has 1 aliphatic carbocycles. The molecule has 0 aromatic heterocycles. The molecule has 0 aromatic rings. The van der Waals surface area contributed by atoms with Crippen LogP contribution in [0.3, 0.4) is 0 Å². The Morgan fingerprint density at radius 2 is 2.11 bits per heavy atom. The number of piperidine rings is 1. The van der Waals surface area contributed by atoms with Crippen LogP contribution < -0.4 is 5.32 Å². The number of hydrogen-bond acceptors (Lipinski definition) is 3. The molecule has 2 fully saturated rings. The number of nitrogens with zero attached hydrogens (tertiary/aromatic N) is 1. The van der Waals surface area contributed by atoms with E-state index in [0.717, 1.165) is 19.4 Å². The van der Waals surface area contributed by atoms with Crippen molar-refractivity contribution in [3.05, 3.63) is 0 Å². The topological polar surface area (TPSA) is 58.6 Å². The SMILES string of the molecule is CCOC(=O)N1CCC[C@@H](C(=O)NCC2CC2)C1. The zero-order valence-corrected chi connectivity index (χ0v) is 11.0. The molecule has 2 rings (SSSR count). The van der Waals surface area contributed by atoms with Gasteiger partial charge in [-0.3, -0.25) is 4.79 Å². The van der Waals surface area contributed by atoms with Gasteiger partial charge >= 0.3 is 6.09 Å². The molecule has 0 bridgehead atoms. The van der Waals surface area contributed by atoms with Gasteiger partial charge in [0, 0.05) is 19.6 Å². The van der Waals surface area contributed by atoms with E-state index in [1.54, 1.807) is 11.8 Å². The van der Waals surface area contributed by atoms with E-state index in [2.05, 4.69) is 5.32 Å². The summed E-state index contributed by atoms with van der Waals surface area (Å²) in [5.74, 6) is 0.719. The Morgan fingerprint density at radius 1 is 1.33 bits per heavy atom. The standard InChI is InChI=1S/C13H22N2O3/c1-2-18-13(17)15-7-3-4-11(9-15)12(16)14-8-10-5-6-10/h10-11H,2-9H2,1H3,(H,14,16)/t11-/m1/s1. The van der Waals surface area contributed by atoms with Gasteiger partial charge in [0.05, 0.1) is 12.5 Å². The van der Waals surface area contributed by atoms with E-state index in [9.17, 15) is 9.59 Å². The number of likely N-dealkylation sites (tertiary alicyclic amines) is 1. The first-order chi connectivity index (χ1) is 8.70. The third kappa shape index (κ3) is 3.62. The minimum atomic E-state index is -0.294. The van der Waals surface area contributed by atoms with Crippen molar-refractivity contribution in [1.82, 2.24) is 10.2 Å². The van der Waals surface area contributed by atoms with Gasteiger partial charge in [0.2, 0.25) is 5.91 Å². The molecule has 0 radical (unpaired) electrons. The Hall–Kier alpha value is -1.26. The Labute approximate surface area is 108 Å². The maximum atomic E-state index is 12.0. The minimum Gasteiger partial charge on any atom is -0.450 e. The van der Waals surface area contributed by atoms with Crippen molar-refractivity contribution < 1.29 is 14.3 Å². The van der Waals surface area contributed by atoms with E-state index >= 15 is 0 Å². The molecule has 0 spiro atoms. The summed E-state index contributed by atoms with van der Waals surface area (Å²) in [7, 11) is 0. The molecule has 1 N–H and O–H groups in total. The Morgan fingerprint density at radius 3 is 2.78 bits per heavy atom. The summed E-state index contributed by atoms with van der Waals surface area (Å²) in [6, 6.07) is 0. The molecule has 18 heavy (non-hydrogen) atoms. The molecular formula is C13H22N2O3. The van der Waals surface area contributed by atoms with Crippen molar-refractivity contribution in [3.63, 3.8) is 0 Å². The van der Waals surface area contributed by atoms with Crippen LogP contribution in [0.2, 0.25) is 0 Å². The first kappa shape index (κ1) is 13.2. The van der Waals surface area contributed by atoms with Crippen LogP contribution in [0.1, 0.15) is 32.6 Å². The molecule has 102 valence electrons. The average molecular weight is 254 g/mol. The molecule has 5 heteroatoms. The summed E-state index contributed by atoms with van der Waals surface area (Å²) in [4.78, 5) is 25.2. The highest BCUT2D eigenvalue weighted by molar-refractivity contribution is 5.80. The third-order valence-corrected chi connectivity index (χ3v) is 3.58. The zero-order valence-electron chi connectivity index (χ0n) is 11.0. The number of nitrogens with one attached hydrogen (secondary N) is 1. The van der Waals surface area contributed by atoms with Crippen molar-refractivity contribution in [1.29, 1.82) is 0 Å². The molecule has 1 atom stereocenters. The van der Waals surface area contributed by atoms with Crippen molar-refractivity contribution in [2.24, 2.45) is 11.8 Å². The van der Waals surface area contributed by atoms with E-state index in [4.69, 9.17) is 4.74 Å². The summed E-state index contributed by atoms with van der Waals surface area (Å²) in [5.41, 5.74) is 0. The summed E-state index contributed by atoms with van der Waals surface area (Å²) in [5, 5.41) is 2.99. The van der Waals surface area contributed by atoms with Crippen LogP contribution in [0.5, 0.6) is 0 Å². The molecule has 0 unspecified atom stereocenters. The van der Waals surface area contributed by atoms with Crippen LogP contribution >= 0.6 is 0 Å². The van der Waals surface area contributed by atoms with Crippen LogP contribution in [0.4, 0.5) is 4.79 Å². The molecule has 5 nitrogen and oxygen atoms in total. The van der Waals surface area contributed by atoms with E-state index in [-0.39, 0.29) is 17.9 Å². The summed E-state index contributed by atoms with van der Waals surface area (Å²) in [6.07, 6.45) is 3.92. The zero-order chi connectivity index (χ0) is 13.0. The Kier molecular flexibility index (Phi) is 4.44. The fourth-order valence-corrected chi connectivity index (χ4v) is 2.28. The van der Waals surface area contributed by atoms with Gasteiger partial charge in [-0.25, -0.2) is 4.79 Å². The first-order valence-electron chi connectivity index (χ1n) is 6.90. The van der Waals surface area contributed by atoms with E-state index < -0.39 is 0 Å². The third-order valence-electron chi connectivity index (χ3n) is 3.58. The Balaban J connectivity index is 1.77. The molecular weight excluding hydrogens is 232 g/mol. The summed E-state index contributed by atoms with van der Waals surface area (Å²) in [6.45, 7) is 4.17. The summed E-state index contributed by atoms with van der Waals surface area (Å²) < 4.78 is 4.97. The second kappa shape index (κ2) is 6.07. The maximum absolute atomic E-state index is 12.0. The van der Waals surface area contributed by atoms with Crippen LogP contribution in [-0.4, -0.2) is 43.1 Å². The van der Waals surface area contributed by atoms with Gasteiger partial charge in [-0.15, -0.1) is 0 Å². The van der Waals surface area contributed by atoms with Crippen LogP contribution in [-0.2, 0) is 9.53 Å². The number of carbonyl (C=O) groups is 2. The Bertz CT molecular complexity index is 315. The first-order valence-corrected chi connectivity index (χ1v) is 6.90. The second-order valence-electron chi connectivity index (χ2n) is 5.17. The lowest BCUT2D eigenvalue weighted by Gasteiger charge is -2.31. The predicted molar refractivity (Wildman–Crippen MR) is 67.1 cm³/mol. The highest BCUT2D eigenvalue weighted by atomic mass is 16.6. The highest BCUT2D eigenvalue weighted by Crippen LogP contribution is 2.27. The van der Waals surface area contributed by atoms with Crippen LogP contribution in [0.15, 0.2) is 0 Å². The van der Waals surface area contributed by atoms with E-state index in [1.807, 2.05) is 0 Å². The molecule has 2 amide bonds. The van der Waals surface area contributed by atoms with E-state index in [0.29, 0.717) is 25.6 Å². The maximum Gasteiger partial charge on any atom is 0.409 e. The lowest BCUT2D eigenvalue weighted by Crippen LogP contribution is -2.45. The fraction of sp³-hybridized carbons (Fsp3) is 0.846. The summed E-state index contributed by atoms with van der Waals surface area (Å²) >= 11 is 0. The molecule has 1 saturated heterocycles. The molecule has 1 aliphatic heterocycles. The smallest absolute Gasteiger partial charge is 0.409 e. The van der Waals surface area contributed by atoms with Gasteiger partial charge in [-0.1, -0.05) is 0 Å². The van der Waals surface area contributed by atoms with Gasteiger partial charge < -0.3 is 15.0 Å². The average Bonchev–Trinajstić information content (AvgIpc) is 3.20. The second-order valence-corrected chi connectivity index (χ2v) is 5.17. The molecule has 1 saturated carbocycles. The lowest BCUT2D eigenvalue weighted by molar-refractivity contribution is -0.126. The number of rotatable bonds is 4. The van der Waals surface area contributed by atoms with Crippen molar-refractivity contribution in [3.8, 4) is 0 Å². The lowest BCUT2D eigenvalue weighted by atomic mass is 9.97. The van der Waals surface area contributed by atoms with Crippen LogP contribution in [0.25, 0.3) is 0 Å². The van der Waals surface area contributed by atoms with E-state index in [1.165, 1.54) is 12.8 Å². The number of ether oxygens (including phenoxy) is 1. The number of hydrogen-bond donors (Lipinski definition) is 1. The predicted octanol–water partition coefficient (Wildman–Crippen LogP) is 1.38. The molecule has 2 aliphatic rings. The molecule has 0 aromatic carbocycles. The van der Waals surface area contributed by atoms with Crippen molar-refractivity contribution >= 4 is 12.0 Å². The van der Waals surface area contributed by atoms with Crippen molar-refractivity contribution in [2.75, 3.05) is 26.2 Å². The van der Waals surface area contributed by atoms with Gasteiger partial charge in [0.1, 0.15) is 0 Å². The van der Waals surface area contributed by atoms with Crippen LogP contribution in [0, 0.1) is 11.8 Å². The normalized spacial score (nSPS) is 23.6. The number of amides is 2. The van der Waals surface area contributed by atoms with Gasteiger partial charge in [-0.2, -0.15) is 0 Å². The number of carbonyl (C=O) groups excluding carboxylic acids is 2. The van der Waals surface area contributed by atoms with Gasteiger partial charge in [0.25, 0.3) is 0 Å².